The van der Waals surface area contributed by atoms with Crippen molar-refractivity contribution in [2.24, 2.45) is 0 Å². The molecule has 0 saturated carbocycles. The molecule has 0 radical (unpaired) electrons. The molecular formula is C16H19NO2S. The molecular weight excluding hydrogens is 270 g/mol. The Hall–Kier alpha value is -1.65. The number of rotatable bonds is 7. The molecule has 1 atom stereocenters. The molecule has 0 aliphatic heterocycles. The topological polar surface area (TPSA) is 49.3 Å². The second-order valence-corrected chi connectivity index (χ2v) is 6.02. The van der Waals surface area contributed by atoms with Crippen LogP contribution in [0.15, 0.2) is 42.5 Å². The van der Waals surface area contributed by atoms with E-state index in [1.807, 2.05) is 12.1 Å². The highest BCUT2D eigenvalue weighted by atomic mass is 32.1. The fourth-order valence-corrected chi connectivity index (χ4v) is 2.88. The lowest BCUT2D eigenvalue weighted by molar-refractivity contribution is 0.0702. The van der Waals surface area contributed by atoms with E-state index in [9.17, 15) is 4.79 Å². The van der Waals surface area contributed by atoms with E-state index in [1.54, 1.807) is 6.07 Å². The van der Waals surface area contributed by atoms with Gasteiger partial charge in [0.15, 0.2) is 0 Å². The Balaban J connectivity index is 1.72. The van der Waals surface area contributed by atoms with Crippen LogP contribution in [-0.2, 0) is 6.54 Å². The third kappa shape index (κ3) is 4.18. The highest BCUT2D eigenvalue weighted by Crippen LogP contribution is 2.18. The van der Waals surface area contributed by atoms with Crippen molar-refractivity contribution in [3.8, 4) is 0 Å². The highest BCUT2D eigenvalue weighted by molar-refractivity contribution is 7.13. The van der Waals surface area contributed by atoms with Crippen molar-refractivity contribution in [2.75, 3.05) is 6.54 Å². The zero-order valence-corrected chi connectivity index (χ0v) is 12.3. The minimum Gasteiger partial charge on any atom is -0.477 e. The second-order valence-electron chi connectivity index (χ2n) is 4.85. The number of carboxylic acids is 1. The number of carboxylic acid groups (broad SMARTS) is 1. The minimum absolute atomic E-state index is 0.402. The average molecular weight is 289 g/mol. The minimum atomic E-state index is -0.848. The van der Waals surface area contributed by atoms with Gasteiger partial charge in [-0.05, 0) is 36.6 Å². The fourth-order valence-electron chi connectivity index (χ4n) is 2.07. The summed E-state index contributed by atoms with van der Waals surface area (Å²) in [7, 11) is 0. The first-order valence-electron chi connectivity index (χ1n) is 6.74. The summed E-state index contributed by atoms with van der Waals surface area (Å²) in [5.41, 5.74) is 1.36. The Morgan fingerprint density at radius 3 is 2.65 bits per heavy atom. The molecule has 20 heavy (non-hydrogen) atoms. The summed E-state index contributed by atoms with van der Waals surface area (Å²) in [5.74, 6) is -0.319. The van der Waals surface area contributed by atoms with Crippen molar-refractivity contribution in [3.05, 3.63) is 57.8 Å². The molecule has 0 aliphatic carbocycles. The smallest absolute Gasteiger partial charge is 0.345 e. The van der Waals surface area contributed by atoms with Crippen LogP contribution < -0.4 is 5.32 Å². The third-order valence-electron chi connectivity index (χ3n) is 3.29. The van der Waals surface area contributed by atoms with Crippen LogP contribution in [0.5, 0.6) is 0 Å². The molecule has 0 bridgehead atoms. The van der Waals surface area contributed by atoms with Gasteiger partial charge in [0, 0.05) is 11.4 Å². The number of benzene rings is 1. The molecule has 1 unspecified atom stereocenters. The van der Waals surface area contributed by atoms with Crippen molar-refractivity contribution in [1.29, 1.82) is 0 Å². The van der Waals surface area contributed by atoms with Gasteiger partial charge >= 0.3 is 5.97 Å². The van der Waals surface area contributed by atoms with Gasteiger partial charge in [0.05, 0.1) is 0 Å². The van der Waals surface area contributed by atoms with E-state index >= 15 is 0 Å². The predicted octanol–water partition coefficient (Wildman–Crippen LogP) is 3.73. The maximum absolute atomic E-state index is 10.8. The van der Waals surface area contributed by atoms with Gasteiger partial charge in [-0.1, -0.05) is 37.3 Å². The van der Waals surface area contributed by atoms with Gasteiger partial charge in [-0.3, -0.25) is 0 Å². The number of nitrogens with one attached hydrogen (secondary N) is 1. The standard InChI is InChI=1S/C16H19NO2S/c1-12(13-5-3-2-4-6-13)9-10-17-11-14-7-8-15(20-14)16(18)19/h2-8,12,17H,9-11H2,1H3,(H,18,19). The lowest BCUT2D eigenvalue weighted by Gasteiger charge is -2.12. The van der Waals surface area contributed by atoms with Crippen molar-refractivity contribution in [2.45, 2.75) is 25.8 Å². The number of thiophene rings is 1. The van der Waals surface area contributed by atoms with Gasteiger partial charge in [-0.15, -0.1) is 11.3 Å². The van der Waals surface area contributed by atoms with Crippen LogP contribution >= 0.6 is 11.3 Å². The van der Waals surface area contributed by atoms with Crippen molar-refractivity contribution >= 4 is 17.3 Å². The monoisotopic (exact) mass is 289 g/mol. The van der Waals surface area contributed by atoms with Crippen LogP contribution in [0, 0.1) is 0 Å². The molecule has 0 spiro atoms. The van der Waals surface area contributed by atoms with Gasteiger partial charge in [0.25, 0.3) is 0 Å². The fraction of sp³-hybridized carbons (Fsp3) is 0.312. The Bertz CT molecular complexity index is 551. The van der Waals surface area contributed by atoms with Crippen molar-refractivity contribution in [1.82, 2.24) is 5.32 Å². The van der Waals surface area contributed by atoms with Crippen molar-refractivity contribution in [3.63, 3.8) is 0 Å². The largest absolute Gasteiger partial charge is 0.477 e. The SMILES string of the molecule is CC(CCNCc1ccc(C(=O)O)s1)c1ccccc1. The van der Waals surface area contributed by atoms with Crippen molar-refractivity contribution < 1.29 is 9.90 Å². The highest BCUT2D eigenvalue weighted by Gasteiger charge is 2.07. The van der Waals surface area contributed by atoms with Gasteiger partial charge in [0.2, 0.25) is 0 Å². The summed E-state index contributed by atoms with van der Waals surface area (Å²) in [6.07, 6.45) is 1.07. The normalized spacial score (nSPS) is 12.2. The molecule has 0 amide bonds. The Labute approximate surface area is 123 Å². The van der Waals surface area contributed by atoms with Crippen LogP contribution in [0.25, 0.3) is 0 Å². The maximum atomic E-state index is 10.8. The molecule has 1 heterocycles. The molecule has 1 aromatic carbocycles. The molecule has 0 saturated heterocycles. The van der Waals surface area contributed by atoms with E-state index in [4.69, 9.17) is 5.11 Å². The van der Waals surface area contributed by atoms with E-state index in [-0.39, 0.29) is 0 Å². The molecule has 0 fully saturated rings. The Kier molecular flexibility index (Phi) is 5.32. The van der Waals surface area contributed by atoms with E-state index in [1.165, 1.54) is 16.9 Å². The molecule has 2 aromatic rings. The van der Waals surface area contributed by atoms with Gasteiger partial charge < -0.3 is 10.4 Å². The number of hydrogen-bond acceptors (Lipinski definition) is 3. The first-order valence-corrected chi connectivity index (χ1v) is 7.56. The summed E-state index contributed by atoms with van der Waals surface area (Å²) >= 11 is 1.33. The first-order chi connectivity index (χ1) is 9.66. The van der Waals surface area contributed by atoms with Gasteiger partial charge in [-0.25, -0.2) is 4.79 Å². The molecule has 3 nitrogen and oxygen atoms in total. The third-order valence-corrected chi connectivity index (χ3v) is 4.37. The molecule has 0 aliphatic rings. The zero-order chi connectivity index (χ0) is 14.4. The number of aromatic carboxylic acids is 1. The summed E-state index contributed by atoms with van der Waals surface area (Å²) in [5, 5.41) is 12.2. The van der Waals surface area contributed by atoms with Gasteiger partial charge in [-0.2, -0.15) is 0 Å². The van der Waals surface area contributed by atoms with Crippen LogP contribution in [0.4, 0.5) is 0 Å². The van der Waals surface area contributed by atoms with Crippen LogP contribution in [0.1, 0.15) is 39.4 Å². The number of hydrogen-bond donors (Lipinski definition) is 2. The number of carbonyl (C=O) groups is 1. The van der Waals surface area contributed by atoms with E-state index in [0.717, 1.165) is 24.4 Å². The van der Waals surface area contributed by atoms with E-state index in [2.05, 4.69) is 36.5 Å². The van der Waals surface area contributed by atoms with Crippen LogP contribution in [0.2, 0.25) is 0 Å². The average Bonchev–Trinajstić information content (AvgIpc) is 2.93. The molecule has 2 rings (SSSR count). The van der Waals surface area contributed by atoms with E-state index < -0.39 is 5.97 Å². The molecule has 106 valence electrons. The summed E-state index contributed by atoms with van der Waals surface area (Å²) < 4.78 is 0. The Morgan fingerprint density at radius 2 is 2.00 bits per heavy atom. The molecule has 2 N–H and O–H groups in total. The summed E-state index contributed by atoms with van der Waals surface area (Å²) in [6, 6.07) is 14.0. The maximum Gasteiger partial charge on any atom is 0.345 e. The summed E-state index contributed by atoms with van der Waals surface area (Å²) in [6.45, 7) is 3.89. The second kappa shape index (κ2) is 7.22. The molecule has 4 heteroatoms. The van der Waals surface area contributed by atoms with Crippen LogP contribution in [-0.4, -0.2) is 17.6 Å². The predicted molar refractivity (Wildman–Crippen MR) is 82.5 cm³/mol. The summed E-state index contributed by atoms with van der Waals surface area (Å²) in [4.78, 5) is 12.2. The quantitative estimate of drug-likeness (QED) is 0.764. The van der Waals surface area contributed by atoms with E-state index in [0.29, 0.717) is 10.8 Å². The Morgan fingerprint density at radius 1 is 1.25 bits per heavy atom. The van der Waals surface area contributed by atoms with Gasteiger partial charge in [0.1, 0.15) is 4.88 Å². The zero-order valence-electron chi connectivity index (χ0n) is 11.5. The molecule has 1 aromatic heterocycles. The first kappa shape index (κ1) is 14.8. The van der Waals surface area contributed by atoms with Crippen LogP contribution in [0.3, 0.4) is 0 Å². The lowest BCUT2D eigenvalue weighted by Crippen LogP contribution is -2.15. The lowest BCUT2D eigenvalue weighted by atomic mass is 9.98.